The van der Waals surface area contributed by atoms with Gasteiger partial charge in [0, 0.05) is 52.4 Å². The minimum Gasteiger partial charge on any atom is -0.506 e. The summed E-state index contributed by atoms with van der Waals surface area (Å²) in [5.74, 6) is 1.09. The average Bonchev–Trinajstić information content (AvgIpc) is 2.75. The Kier molecular flexibility index (Phi) is 8.96. The Hall–Kier alpha value is -2.76. The number of aliphatic imine (C=N–C) groups is 1. The second-order valence-corrected chi connectivity index (χ2v) is 6.64. The monoisotopic (exact) mass is 526 g/mol. The number of halogens is 1. The summed E-state index contributed by atoms with van der Waals surface area (Å²) in [6, 6.07) is 14.0. The number of guanidine groups is 1. The van der Waals surface area contributed by atoms with Gasteiger partial charge in [0.05, 0.1) is 10.6 Å². The summed E-state index contributed by atoms with van der Waals surface area (Å²) in [7, 11) is 1.74. The van der Waals surface area contributed by atoms with Crippen LogP contribution in [0, 0.1) is 10.1 Å². The number of aromatic hydroxyl groups is 1. The summed E-state index contributed by atoms with van der Waals surface area (Å²) < 4.78 is 0. The van der Waals surface area contributed by atoms with Crippen molar-refractivity contribution in [3.8, 4) is 5.75 Å². The predicted molar refractivity (Wildman–Crippen MR) is 130 cm³/mol. The minimum atomic E-state index is -0.390. The number of anilines is 2. The van der Waals surface area contributed by atoms with E-state index in [0.717, 1.165) is 37.8 Å². The van der Waals surface area contributed by atoms with Gasteiger partial charge in [-0.1, -0.05) is 24.3 Å². The number of phenols is 1. The Morgan fingerprint density at radius 1 is 1.10 bits per heavy atom. The molecular weight excluding hydrogens is 499 g/mol. The first-order chi connectivity index (χ1) is 14.1. The molecule has 30 heavy (non-hydrogen) atoms. The van der Waals surface area contributed by atoms with Gasteiger partial charge < -0.3 is 25.5 Å². The highest BCUT2D eigenvalue weighted by molar-refractivity contribution is 14.0. The number of phenolic OH excluding ortho intramolecular Hbond substituents is 1. The number of nitrogens with one attached hydrogen (secondary N) is 2. The summed E-state index contributed by atoms with van der Waals surface area (Å²) in [6.45, 7) is 4.25. The number of nitro benzene ring substituents is 1. The van der Waals surface area contributed by atoms with Crippen molar-refractivity contribution in [2.45, 2.75) is 0 Å². The molecule has 0 aliphatic carbocycles. The zero-order chi connectivity index (χ0) is 20.6. The molecule has 1 fully saturated rings. The maximum Gasteiger partial charge on any atom is 0.292 e. The maximum atomic E-state index is 11.1. The average molecular weight is 526 g/mol. The van der Waals surface area contributed by atoms with Crippen molar-refractivity contribution in [3.63, 3.8) is 0 Å². The number of nitrogens with zero attached hydrogens (tertiary/aromatic N) is 4. The van der Waals surface area contributed by atoms with Crippen LogP contribution in [0.2, 0.25) is 0 Å². The van der Waals surface area contributed by atoms with Gasteiger partial charge in [-0.05, 0) is 18.2 Å². The second-order valence-electron chi connectivity index (χ2n) is 6.64. The number of benzene rings is 2. The quantitative estimate of drug-likeness (QED) is 0.133. The number of piperazine rings is 1. The topological polar surface area (TPSA) is 106 Å². The first-order valence-corrected chi connectivity index (χ1v) is 9.56. The van der Waals surface area contributed by atoms with Crippen molar-refractivity contribution >= 4 is 47.0 Å². The van der Waals surface area contributed by atoms with E-state index in [9.17, 15) is 15.2 Å². The highest BCUT2D eigenvalue weighted by Crippen LogP contribution is 2.27. The van der Waals surface area contributed by atoms with Gasteiger partial charge in [-0.3, -0.25) is 15.1 Å². The molecule has 1 aliphatic heterocycles. The molecule has 9 nitrogen and oxygen atoms in total. The van der Waals surface area contributed by atoms with E-state index in [0.29, 0.717) is 24.5 Å². The maximum absolute atomic E-state index is 11.1. The van der Waals surface area contributed by atoms with Gasteiger partial charge in [-0.15, -0.1) is 24.0 Å². The van der Waals surface area contributed by atoms with Crippen LogP contribution < -0.4 is 15.5 Å². The fraction of sp³-hybridized carbons (Fsp3) is 0.350. The second kappa shape index (κ2) is 11.4. The molecule has 2 aromatic rings. The highest BCUT2D eigenvalue weighted by Gasteiger charge is 2.21. The number of para-hydroxylation sites is 4. The van der Waals surface area contributed by atoms with Gasteiger partial charge in [0.15, 0.2) is 5.96 Å². The van der Waals surface area contributed by atoms with E-state index in [2.05, 4.69) is 25.4 Å². The third kappa shape index (κ3) is 5.88. The smallest absolute Gasteiger partial charge is 0.292 e. The van der Waals surface area contributed by atoms with E-state index in [1.165, 1.54) is 6.07 Å². The standard InChI is InChI=1S/C20H26N6O3.HI/c1-21-20(23-11-10-22-16-6-2-3-7-17(16)26(28)29)25-14-12-24(13-15-25)18-8-4-5-9-19(18)27;/h2-9,22,27H,10-15H2,1H3,(H,21,23);1H. The lowest BCUT2D eigenvalue weighted by Crippen LogP contribution is -2.53. The summed E-state index contributed by atoms with van der Waals surface area (Å²) in [4.78, 5) is 19.4. The number of hydrogen-bond donors (Lipinski definition) is 3. The third-order valence-corrected chi connectivity index (χ3v) is 4.84. The van der Waals surface area contributed by atoms with Crippen LogP contribution in [0.5, 0.6) is 5.75 Å². The zero-order valence-corrected chi connectivity index (χ0v) is 19.2. The predicted octanol–water partition coefficient (Wildman–Crippen LogP) is 2.73. The first kappa shape index (κ1) is 23.5. The lowest BCUT2D eigenvalue weighted by atomic mass is 10.2. The van der Waals surface area contributed by atoms with E-state index >= 15 is 0 Å². The van der Waals surface area contributed by atoms with Crippen LogP contribution in [0.4, 0.5) is 17.1 Å². The molecule has 0 radical (unpaired) electrons. The lowest BCUT2D eigenvalue weighted by Gasteiger charge is -2.37. The highest BCUT2D eigenvalue weighted by atomic mass is 127. The fourth-order valence-corrected chi connectivity index (χ4v) is 3.38. The Morgan fingerprint density at radius 3 is 2.43 bits per heavy atom. The van der Waals surface area contributed by atoms with Crippen molar-refractivity contribution in [2.24, 2.45) is 4.99 Å². The summed E-state index contributed by atoms with van der Waals surface area (Å²) >= 11 is 0. The molecule has 10 heteroatoms. The number of nitro groups is 1. The fourth-order valence-electron chi connectivity index (χ4n) is 3.38. The lowest BCUT2D eigenvalue weighted by molar-refractivity contribution is -0.384. The van der Waals surface area contributed by atoms with Crippen LogP contribution in [-0.2, 0) is 0 Å². The molecule has 162 valence electrons. The molecule has 2 aromatic carbocycles. The Bertz CT molecular complexity index is 871. The van der Waals surface area contributed by atoms with Gasteiger partial charge in [0.1, 0.15) is 11.4 Å². The van der Waals surface area contributed by atoms with Crippen molar-refractivity contribution in [3.05, 3.63) is 58.6 Å². The van der Waals surface area contributed by atoms with Crippen LogP contribution in [0.15, 0.2) is 53.5 Å². The normalized spacial score (nSPS) is 14.1. The molecule has 1 saturated heterocycles. The molecule has 0 saturated carbocycles. The van der Waals surface area contributed by atoms with Crippen molar-refractivity contribution in [1.29, 1.82) is 0 Å². The van der Waals surface area contributed by atoms with Crippen molar-refractivity contribution in [1.82, 2.24) is 10.2 Å². The molecular formula is C20H27IN6O3. The molecule has 0 unspecified atom stereocenters. The largest absolute Gasteiger partial charge is 0.506 e. The van der Waals surface area contributed by atoms with Crippen LogP contribution in [0.1, 0.15) is 0 Å². The number of rotatable bonds is 6. The van der Waals surface area contributed by atoms with Gasteiger partial charge in [0.2, 0.25) is 0 Å². The molecule has 3 N–H and O–H groups in total. The molecule has 0 aromatic heterocycles. The van der Waals surface area contributed by atoms with Crippen LogP contribution in [-0.4, -0.2) is 67.2 Å². The summed E-state index contributed by atoms with van der Waals surface area (Å²) in [5.41, 5.74) is 1.42. The van der Waals surface area contributed by atoms with Gasteiger partial charge in [-0.2, -0.15) is 0 Å². The molecule has 0 amide bonds. The minimum absolute atomic E-state index is 0. The SMILES string of the molecule is CN=C(NCCNc1ccccc1[N+](=O)[O-])N1CCN(c2ccccc2O)CC1.I. The number of hydrogen-bond acceptors (Lipinski definition) is 6. The van der Waals surface area contributed by atoms with Crippen LogP contribution in [0.3, 0.4) is 0 Å². The molecule has 0 atom stereocenters. The van der Waals surface area contributed by atoms with Crippen molar-refractivity contribution < 1.29 is 10.0 Å². The molecule has 0 spiro atoms. The van der Waals surface area contributed by atoms with Gasteiger partial charge in [-0.25, -0.2) is 0 Å². The summed E-state index contributed by atoms with van der Waals surface area (Å²) in [6.07, 6.45) is 0. The Morgan fingerprint density at radius 2 is 1.77 bits per heavy atom. The van der Waals surface area contributed by atoms with E-state index < -0.39 is 4.92 Å². The van der Waals surface area contributed by atoms with E-state index in [-0.39, 0.29) is 29.7 Å². The molecule has 1 aliphatic rings. The Labute approximate surface area is 193 Å². The Balaban J connectivity index is 0.00000320. The first-order valence-electron chi connectivity index (χ1n) is 9.56. The zero-order valence-electron chi connectivity index (χ0n) is 16.8. The van der Waals surface area contributed by atoms with Crippen LogP contribution in [0.25, 0.3) is 0 Å². The van der Waals surface area contributed by atoms with Crippen LogP contribution >= 0.6 is 24.0 Å². The molecule has 1 heterocycles. The van der Waals surface area contributed by atoms with Crippen molar-refractivity contribution in [2.75, 3.05) is 56.5 Å². The van der Waals surface area contributed by atoms with E-state index in [4.69, 9.17) is 0 Å². The van der Waals surface area contributed by atoms with Gasteiger partial charge in [0.25, 0.3) is 5.69 Å². The third-order valence-electron chi connectivity index (χ3n) is 4.84. The van der Waals surface area contributed by atoms with E-state index in [1.807, 2.05) is 18.2 Å². The van der Waals surface area contributed by atoms with E-state index in [1.54, 1.807) is 31.3 Å². The van der Waals surface area contributed by atoms with Gasteiger partial charge >= 0.3 is 0 Å². The molecule has 3 rings (SSSR count). The summed E-state index contributed by atoms with van der Waals surface area (Å²) in [5, 5.41) is 27.5. The molecule has 0 bridgehead atoms.